The van der Waals surface area contributed by atoms with Crippen LogP contribution < -0.4 is 16.0 Å². The second kappa shape index (κ2) is 7.25. The molecule has 2 amide bonds. The van der Waals surface area contributed by atoms with Crippen molar-refractivity contribution >= 4 is 23.6 Å². The van der Waals surface area contributed by atoms with Crippen LogP contribution in [0.4, 0.5) is 11.8 Å². The number of likely N-dealkylation sites (tertiary alicyclic amines) is 1. The van der Waals surface area contributed by atoms with Crippen LogP contribution >= 0.6 is 0 Å². The zero-order chi connectivity index (χ0) is 18.0. The first kappa shape index (κ1) is 17.4. The van der Waals surface area contributed by atoms with Crippen molar-refractivity contribution in [3.05, 3.63) is 12.3 Å². The Morgan fingerprint density at radius 1 is 1.44 bits per heavy atom. The monoisotopic (exact) mass is 346 g/mol. The molecule has 0 spiro atoms. The number of rotatable bonds is 5. The Morgan fingerprint density at radius 3 is 2.88 bits per heavy atom. The van der Waals surface area contributed by atoms with Crippen molar-refractivity contribution in [2.75, 3.05) is 36.8 Å². The van der Waals surface area contributed by atoms with E-state index < -0.39 is 0 Å². The largest absolute Gasteiger partial charge is 0.368 e. The SMILES string of the molecule is CC(C)[C@H]1CN(c2ccnc(N)n2)C[C@@H]1NC(=O)CN1CCCC1=O. The van der Waals surface area contributed by atoms with E-state index in [4.69, 9.17) is 5.73 Å². The molecule has 136 valence electrons. The summed E-state index contributed by atoms with van der Waals surface area (Å²) in [5.41, 5.74) is 5.68. The number of nitrogens with one attached hydrogen (secondary N) is 1. The van der Waals surface area contributed by atoms with Crippen LogP contribution in [0, 0.1) is 11.8 Å². The van der Waals surface area contributed by atoms with Crippen molar-refractivity contribution < 1.29 is 9.59 Å². The van der Waals surface area contributed by atoms with E-state index in [9.17, 15) is 9.59 Å². The van der Waals surface area contributed by atoms with Crippen molar-refractivity contribution in [3.63, 3.8) is 0 Å². The van der Waals surface area contributed by atoms with Crippen LogP contribution in [0.15, 0.2) is 12.3 Å². The summed E-state index contributed by atoms with van der Waals surface area (Å²) in [6, 6.07) is 1.86. The zero-order valence-electron chi connectivity index (χ0n) is 14.8. The summed E-state index contributed by atoms with van der Waals surface area (Å²) in [7, 11) is 0. The van der Waals surface area contributed by atoms with Gasteiger partial charge in [0.15, 0.2) is 0 Å². The molecule has 8 heteroatoms. The molecule has 25 heavy (non-hydrogen) atoms. The summed E-state index contributed by atoms with van der Waals surface area (Å²) < 4.78 is 0. The van der Waals surface area contributed by atoms with Crippen molar-refractivity contribution in [1.82, 2.24) is 20.2 Å². The summed E-state index contributed by atoms with van der Waals surface area (Å²) in [4.78, 5) is 36.1. The van der Waals surface area contributed by atoms with Crippen LogP contribution in [0.2, 0.25) is 0 Å². The van der Waals surface area contributed by atoms with Gasteiger partial charge in [-0.25, -0.2) is 4.98 Å². The van der Waals surface area contributed by atoms with Gasteiger partial charge in [0.25, 0.3) is 0 Å². The molecule has 2 fully saturated rings. The molecule has 2 saturated heterocycles. The molecule has 0 bridgehead atoms. The van der Waals surface area contributed by atoms with Crippen molar-refractivity contribution in [1.29, 1.82) is 0 Å². The average Bonchev–Trinajstić information content (AvgIpc) is 3.14. The van der Waals surface area contributed by atoms with E-state index in [-0.39, 0.29) is 30.3 Å². The number of carbonyl (C=O) groups excluding carboxylic acids is 2. The number of carbonyl (C=O) groups is 2. The molecule has 1 aromatic heterocycles. The first-order valence-electron chi connectivity index (χ1n) is 8.84. The van der Waals surface area contributed by atoms with Gasteiger partial charge in [0.2, 0.25) is 17.8 Å². The van der Waals surface area contributed by atoms with Gasteiger partial charge in [-0.3, -0.25) is 9.59 Å². The summed E-state index contributed by atoms with van der Waals surface area (Å²) in [6.45, 7) is 6.63. The van der Waals surface area contributed by atoms with Gasteiger partial charge in [-0.05, 0) is 18.4 Å². The van der Waals surface area contributed by atoms with E-state index in [0.29, 0.717) is 31.3 Å². The first-order chi connectivity index (χ1) is 11.9. The normalized spacial score (nSPS) is 23.6. The quantitative estimate of drug-likeness (QED) is 0.792. The molecule has 8 nitrogen and oxygen atoms in total. The third-order valence-electron chi connectivity index (χ3n) is 5.06. The molecule has 2 atom stereocenters. The van der Waals surface area contributed by atoms with E-state index in [2.05, 4.69) is 34.0 Å². The molecule has 0 radical (unpaired) electrons. The standard InChI is InChI=1S/C17H26N6O2/c1-11(2)12-8-23(14-5-6-19-17(18)21-14)9-13(12)20-15(24)10-22-7-3-4-16(22)25/h5-6,11-13H,3-4,7-10H2,1-2H3,(H,20,24)(H2,18,19,21)/t12-,13+/m1/s1. The van der Waals surface area contributed by atoms with Gasteiger partial charge >= 0.3 is 0 Å². The van der Waals surface area contributed by atoms with Gasteiger partial charge in [0.05, 0.1) is 12.6 Å². The molecule has 0 unspecified atom stereocenters. The summed E-state index contributed by atoms with van der Waals surface area (Å²) in [5, 5.41) is 3.12. The number of nitrogens with zero attached hydrogens (tertiary/aromatic N) is 4. The third-order valence-corrected chi connectivity index (χ3v) is 5.06. The number of amides is 2. The third kappa shape index (κ3) is 4.00. The van der Waals surface area contributed by atoms with Crippen molar-refractivity contribution in [2.45, 2.75) is 32.7 Å². The lowest BCUT2D eigenvalue weighted by Gasteiger charge is -2.24. The summed E-state index contributed by atoms with van der Waals surface area (Å²) >= 11 is 0. The Hall–Kier alpha value is -2.38. The number of aromatic nitrogens is 2. The molecule has 0 saturated carbocycles. The van der Waals surface area contributed by atoms with Crippen LogP contribution in [0.1, 0.15) is 26.7 Å². The number of hydrogen-bond donors (Lipinski definition) is 2. The highest BCUT2D eigenvalue weighted by Gasteiger charge is 2.36. The predicted octanol–water partition coefficient (Wildman–Crippen LogP) is 0.258. The Balaban J connectivity index is 1.64. The summed E-state index contributed by atoms with van der Waals surface area (Å²) in [6.07, 6.45) is 3.04. The Labute approximate surface area is 147 Å². The number of anilines is 2. The molecule has 2 aliphatic rings. The Kier molecular flexibility index (Phi) is 5.06. The zero-order valence-corrected chi connectivity index (χ0v) is 14.8. The fourth-order valence-electron chi connectivity index (χ4n) is 3.68. The summed E-state index contributed by atoms with van der Waals surface area (Å²) in [5.74, 6) is 1.75. The molecule has 3 N–H and O–H groups in total. The molecule has 0 aromatic carbocycles. The topological polar surface area (TPSA) is 104 Å². The molecule has 3 heterocycles. The number of nitrogens with two attached hydrogens (primary N) is 1. The first-order valence-corrected chi connectivity index (χ1v) is 8.84. The van der Waals surface area contributed by atoms with E-state index in [1.165, 1.54) is 0 Å². The van der Waals surface area contributed by atoms with Gasteiger partial charge in [-0.15, -0.1) is 0 Å². The van der Waals surface area contributed by atoms with E-state index in [1.54, 1.807) is 11.1 Å². The molecule has 3 rings (SSSR count). The van der Waals surface area contributed by atoms with Gasteiger partial charge in [-0.1, -0.05) is 13.8 Å². The molecule has 1 aromatic rings. The lowest BCUT2D eigenvalue weighted by Crippen LogP contribution is -2.46. The second-order valence-electron chi connectivity index (χ2n) is 7.18. The van der Waals surface area contributed by atoms with Crippen LogP contribution in [-0.4, -0.2) is 58.9 Å². The average molecular weight is 346 g/mol. The number of nitrogen functional groups attached to an aromatic ring is 1. The number of hydrogen-bond acceptors (Lipinski definition) is 6. The fourth-order valence-corrected chi connectivity index (χ4v) is 3.68. The highest BCUT2D eigenvalue weighted by atomic mass is 16.2. The molecular weight excluding hydrogens is 320 g/mol. The minimum Gasteiger partial charge on any atom is -0.368 e. The van der Waals surface area contributed by atoms with Crippen LogP contribution in [-0.2, 0) is 9.59 Å². The predicted molar refractivity (Wildman–Crippen MR) is 94.7 cm³/mol. The van der Waals surface area contributed by atoms with Crippen LogP contribution in [0.5, 0.6) is 0 Å². The van der Waals surface area contributed by atoms with E-state index in [1.807, 2.05) is 6.07 Å². The lowest BCUT2D eigenvalue weighted by atomic mass is 9.91. The van der Waals surface area contributed by atoms with Gasteiger partial charge in [0.1, 0.15) is 5.82 Å². The second-order valence-corrected chi connectivity index (χ2v) is 7.18. The Bertz CT molecular complexity index is 650. The minimum absolute atomic E-state index is 0.0291. The fraction of sp³-hybridized carbons (Fsp3) is 0.647. The van der Waals surface area contributed by atoms with E-state index >= 15 is 0 Å². The highest BCUT2D eigenvalue weighted by Crippen LogP contribution is 2.28. The van der Waals surface area contributed by atoms with Gasteiger partial charge in [-0.2, -0.15) is 4.98 Å². The lowest BCUT2D eigenvalue weighted by molar-refractivity contribution is -0.133. The maximum Gasteiger partial charge on any atom is 0.239 e. The van der Waals surface area contributed by atoms with Gasteiger partial charge in [0, 0.05) is 38.2 Å². The Morgan fingerprint density at radius 2 is 2.24 bits per heavy atom. The maximum atomic E-state index is 12.4. The maximum absolute atomic E-state index is 12.4. The highest BCUT2D eigenvalue weighted by molar-refractivity contribution is 5.86. The van der Waals surface area contributed by atoms with Gasteiger partial charge < -0.3 is 20.9 Å². The smallest absolute Gasteiger partial charge is 0.239 e. The van der Waals surface area contributed by atoms with Crippen LogP contribution in [0.25, 0.3) is 0 Å². The van der Waals surface area contributed by atoms with Crippen molar-refractivity contribution in [3.8, 4) is 0 Å². The minimum atomic E-state index is -0.0880. The molecule has 0 aliphatic carbocycles. The van der Waals surface area contributed by atoms with Crippen molar-refractivity contribution in [2.24, 2.45) is 11.8 Å². The molecular formula is C17H26N6O2. The molecule has 2 aliphatic heterocycles. The van der Waals surface area contributed by atoms with E-state index in [0.717, 1.165) is 18.8 Å². The van der Waals surface area contributed by atoms with Crippen LogP contribution in [0.3, 0.4) is 0 Å².